The maximum Gasteiger partial charge on any atom is 0.309 e. The summed E-state index contributed by atoms with van der Waals surface area (Å²) in [6, 6.07) is 7.50. The number of rotatable bonds is 5. The van der Waals surface area contributed by atoms with Crippen molar-refractivity contribution in [1.29, 1.82) is 0 Å². The Morgan fingerprint density at radius 3 is 2.28 bits per heavy atom. The highest BCUT2D eigenvalue weighted by Crippen LogP contribution is 2.24. The van der Waals surface area contributed by atoms with E-state index in [0.717, 1.165) is 10.2 Å². The second-order valence-corrected chi connectivity index (χ2v) is 8.20. The molecular formula is C19H26BrNO4. The van der Waals surface area contributed by atoms with Gasteiger partial charge in [-0.2, -0.15) is 0 Å². The van der Waals surface area contributed by atoms with Crippen LogP contribution in [-0.2, 0) is 14.3 Å². The normalized spacial score (nSPS) is 15.8. The second-order valence-electron chi connectivity index (χ2n) is 7.29. The second kappa shape index (κ2) is 8.70. The van der Waals surface area contributed by atoms with Gasteiger partial charge in [0.2, 0.25) is 5.91 Å². The van der Waals surface area contributed by atoms with Gasteiger partial charge >= 0.3 is 5.97 Å². The topological polar surface area (TPSA) is 55.8 Å². The largest absolute Gasteiger partial charge is 0.490 e. The van der Waals surface area contributed by atoms with Gasteiger partial charge < -0.3 is 14.4 Å². The van der Waals surface area contributed by atoms with E-state index in [9.17, 15) is 9.59 Å². The molecular weight excluding hydrogens is 386 g/mol. The number of hydrogen-bond acceptors (Lipinski definition) is 4. The number of hydrogen-bond donors (Lipinski definition) is 0. The molecule has 0 unspecified atom stereocenters. The van der Waals surface area contributed by atoms with Crippen LogP contribution in [0, 0.1) is 11.3 Å². The molecule has 1 aromatic rings. The van der Waals surface area contributed by atoms with Crippen LogP contribution in [0.4, 0.5) is 0 Å². The molecule has 0 aliphatic carbocycles. The number of benzene rings is 1. The van der Waals surface area contributed by atoms with Crippen molar-refractivity contribution in [2.75, 3.05) is 26.3 Å². The van der Waals surface area contributed by atoms with E-state index in [1.54, 1.807) is 0 Å². The molecule has 0 aromatic heterocycles. The summed E-state index contributed by atoms with van der Waals surface area (Å²) in [5.41, 5.74) is -0.377. The summed E-state index contributed by atoms with van der Waals surface area (Å²) in [6.45, 7) is 7.55. The third-order valence-electron chi connectivity index (χ3n) is 4.17. The molecule has 1 saturated heterocycles. The molecule has 1 heterocycles. The molecule has 138 valence electrons. The lowest BCUT2D eigenvalue weighted by molar-refractivity contribution is -0.153. The summed E-state index contributed by atoms with van der Waals surface area (Å²) in [5.74, 6) is 0.564. The number of ether oxygens (including phenoxy) is 2. The van der Waals surface area contributed by atoms with Crippen molar-refractivity contribution < 1.29 is 19.1 Å². The van der Waals surface area contributed by atoms with Gasteiger partial charge in [0.05, 0.1) is 5.92 Å². The number of likely N-dealkylation sites (tertiary alicyclic amines) is 1. The fourth-order valence-electron chi connectivity index (χ4n) is 2.74. The molecule has 1 aromatic carbocycles. The molecule has 0 radical (unpaired) electrons. The van der Waals surface area contributed by atoms with Crippen LogP contribution < -0.4 is 4.74 Å². The summed E-state index contributed by atoms with van der Waals surface area (Å²) >= 11 is 3.36. The zero-order chi connectivity index (χ0) is 18.4. The fraction of sp³-hybridized carbons (Fsp3) is 0.579. The van der Waals surface area contributed by atoms with Crippen LogP contribution in [0.3, 0.4) is 0 Å². The summed E-state index contributed by atoms with van der Waals surface area (Å²) in [5, 5.41) is 0. The van der Waals surface area contributed by atoms with Gasteiger partial charge in [0, 0.05) is 23.0 Å². The quantitative estimate of drug-likeness (QED) is 0.547. The molecule has 5 nitrogen and oxygen atoms in total. The minimum Gasteiger partial charge on any atom is -0.490 e. The molecule has 0 atom stereocenters. The Kier molecular flexibility index (Phi) is 6.87. The molecule has 1 aliphatic heterocycles. The molecule has 1 fully saturated rings. The maximum absolute atomic E-state index is 12.3. The van der Waals surface area contributed by atoms with E-state index in [1.807, 2.05) is 49.9 Å². The number of halogens is 1. The number of carbonyl (C=O) groups is 2. The molecule has 2 rings (SSSR count). The fourth-order valence-corrected chi connectivity index (χ4v) is 3.01. The lowest BCUT2D eigenvalue weighted by Crippen LogP contribution is -2.45. The van der Waals surface area contributed by atoms with Crippen molar-refractivity contribution in [3.05, 3.63) is 28.7 Å². The highest BCUT2D eigenvalue weighted by atomic mass is 79.9. The van der Waals surface area contributed by atoms with Crippen molar-refractivity contribution in [3.8, 4) is 5.75 Å². The number of piperidine rings is 1. The Bertz CT molecular complexity index is 586. The van der Waals surface area contributed by atoms with E-state index in [0.29, 0.717) is 32.5 Å². The first-order valence-corrected chi connectivity index (χ1v) is 9.41. The van der Waals surface area contributed by atoms with Crippen molar-refractivity contribution >= 4 is 27.8 Å². The van der Waals surface area contributed by atoms with Crippen LogP contribution in [-0.4, -0.2) is 43.1 Å². The number of esters is 1. The zero-order valence-electron chi connectivity index (χ0n) is 15.1. The Morgan fingerprint density at radius 2 is 1.72 bits per heavy atom. The smallest absolute Gasteiger partial charge is 0.309 e. The first-order chi connectivity index (χ1) is 11.8. The lowest BCUT2D eigenvalue weighted by Gasteiger charge is -2.34. The van der Waals surface area contributed by atoms with Gasteiger partial charge in [-0.05, 0) is 37.1 Å². The summed E-state index contributed by atoms with van der Waals surface area (Å²) in [4.78, 5) is 26.2. The Morgan fingerprint density at radius 1 is 1.12 bits per heavy atom. The van der Waals surface area contributed by atoms with Gasteiger partial charge in [-0.25, -0.2) is 0 Å². The molecule has 1 amide bonds. The average Bonchev–Trinajstić information content (AvgIpc) is 2.58. The molecule has 6 heteroatoms. The van der Waals surface area contributed by atoms with Gasteiger partial charge in [-0.3, -0.25) is 9.59 Å². The Balaban J connectivity index is 1.67. The first-order valence-electron chi connectivity index (χ1n) is 8.62. The van der Waals surface area contributed by atoms with E-state index < -0.39 is 0 Å². The van der Waals surface area contributed by atoms with E-state index >= 15 is 0 Å². The van der Waals surface area contributed by atoms with Crippen LogP contribution in [0.2, 0.25) is 0 Å². The average molecular weight is 412 g/mol. The molecule has 1 aliphatic rings. The minimum atomic E-state index is -0.377. The van der Waals surface area contributed by atoms with E-state index in [2.05, 4.69) is 15.9 Å². The van der Waals surface area contributed by atoms with Crippen LogP contribution in [0.15, 0.2) is 28.7 Å². The van der Waals surface area contributed by atoms with Crippen molar-refractivity contribution in [2.24, 2.45) is 11.3 Å². The van der Waals surface area contributed by atoms with Crippen LogP contribution in [0.5, 0.6) is 5.75 Å². The van der Waals surface area contributed by atoms with Crippen molar-refractivity contribution in [2.45, 2.75) is 33.6 Å². The zero-order valence-corrected chi connectivity index (χ0v) is 16.7. The van der Waals surface area contributed by atoms with Gasteiger partial charge in [-0.15, -0.1) is 0 Å². The number of carbonyl (C=O) groups excluding carboxylic acids is 2. The summed E-state index contributed by atoms with van der Waals surface area (Å²) in [6.07, 6.45) is 1.32. The third-order valence-corrected chi connectivity index (χ3v) is 4.70. The highest BCUT2D eigenvalue weighted by molar-refractivity contribution is 9.10. The molecule has 0 N–H and O–H groups in total. The molecule has 25 heavy (non-hydrogen) atoms. The van der Waals surface area contributed by atoms with Crippen molar-refractivity contribution in [1.82, 2.24) is 4.90 Å². The van der Waals surface area contributed by atoms with E-state index in [4.69, 9.17) is 9.47 Å². The maximum atomic E-state index is 12.3. The van der Waals surface area contributed by atoms with Gasteiger partial charge in [0.25, 0.3) is 0 Å². The molecule has 0 bridgehead atoms. The van der Waals surface area contributed by atoms with Crippen LogP contribution in [0.1, 0.15) is 33.6 Å². The monoisotopic (exact) mass is 411 g/mol. The minimum absolute atomic E-state index is 0.128. The Labute approximate surface area is 157 Å². The number of amides is 1. The van der Waals surface area contributed by atoms with Gasteiger partial charge in [0.15, 0.2) is 0 Å². The Hall–Kier alpha value is -1.56. The predicted octanol–water partition coefficient (Wildman–Crippen LogP) is 3.66. The predicted molar refractivity (Wildman–Crippen MR) is 99.4 cm³/mol. The van der Waals surface area contributed by atoms with E-state index in [1.165, 1.54) is 0 Å². The van der Waals surface area contributed by atoms with Crippen molar-refractivity contribution in [3.63, 3.8) is 0 Å². The number of nitrogens with zero attached hydrogens (tertiary/aromatic N) is 1. The van der Waals surface area contributed by atoms with E-state index in [-0.39, 0.29) is 29.8 Å². The lowest BCUT2D eigenvalue weighted by atomic mass is 9.91. The SMILES string of the molecule is CC(C)(C)C(=O)N1CCC(C(=O)OCCOc2ccc(Br)cc2)CC1. The molecule has 0 spiro atoms. The van der Waals surface area contributed by atoms with Crippen LogP contribution >= 0.6 is 15.9 Å². The summed E-state index contributed by atoms with van der Waals surface area (Å²) in [7, 11) is 0. The summed E-state index contributed by atoms with van der Waals surface area (Å²) < 4.78 is 11.8. The van der Waals surface area contributed by atoms with Crippen LogP contribution in [0.25, 0.3) is 0 Å². The van der Waals surface area contributed by atoms with Gasteiger partial charge in [0.1, 0.15) is 19.0 Å². The first kappa shape index (κ1) is 19.8. The standard InChI is InChI=1S/C19H26BrNO4/c1-19(2,3)18(23)21-10-8-14(9-11-21)17(22)25-13-12-24-16-6-4-15(20)5-7-16/h4-7,14H,8-13H2,1-3H3. The highest BCUT2D eigenvalue weighted by Gasteiger charge is 2.32. The van der Waals surface area contributed by atoms with Gasteiger partial charge in [-0.1, -0.05) is 36.7 Å². The third kappa shape index (κ3) is 6.03. The molecule has 0 saturated carbocycles.